The van der Waals surface area contributed by atoms with Gasteiger partial charge in [0.25, 0.3) is 0 Å². The predicted octanol–water partition coefficient (Wildman–Crippen LogP) is 2.82. The van der Waals surface area contributed by atoms with Gasteiger partial charge in [-0.3, -0.25) is 4.98 Å². The third-order valence-corrected chi connectivity index (χ3v) is 3.18. The highest BCUT2D eigenvalue weighted by molar-refractivity contribution is 5.95. The molecular formula is C15H15N5O. The molecule has 0 saturated carbocycles. The third kappa shape index (κ3) is 2.43. The lowest BCUT2D eigenvalue weighted by Gasteiger charge is -2.13. The number of ether oxygens (including phenoxy) is 1. The Morgan fingerprint density at radius 3 is 2.76 bits per heavy atom. The van der Waals surface area contributed by atoms with Crippen molar-refractivity contribution in [3.63, 3.8) is 0 Å². The quantitative estimate of drug-likeness (QED) is 0.766. The summed E-state index contributed by atoms with van der Waals surface area (Å²) < 4.78 is 5.39. The Morgan fingerprint density at radius 2 is 1.95 bits per heavy atom. The highest BCUT2D eigenvalue weighted by Gasteiger charge is 2.12. The first-order valence-corrected chi connectivity index (χ1v) is 6.50. The summed E-state index contributed by atoms with van der Waals surface area (Å²) in [6, 6.07) is 7.97. The van der Waals surface area contributed by atoms with Crippen LogP contribution in [-0.2, 0) is 0 Å². The number of benzene rings is 1. The number of anilines is 3. The first-order chi connectivity index (χ1) is 10.3. The average Bonchev–Trinajstić information content (AvgIpc) is 2.55. The van der Waals surface area contributed by atoms with E-state index in [1.807, 2.05) is 30.5 Å². The van der Waals surface area contributed by atoms with Crippen molar-refractivity contribution in [3.05, 3.63) is 43.0 Å². The van der Waals surface area contributed by atoms with Crippen molar-refractivity contribution in [1.82, 2.24) is 15.0 Å². The number of nitrogens with zero attached hydrogens (tertiary/aromatic N) is 3. The number of hydrogen-bond donors (Lipinski definition) is 2. The van der Waals surface area contributed by atoms with E-state index in [1.165, 1.54) is 6.33 Å². The molecule has 21 heavy (non-hydrogen) atoms. The van der Waals surface area contributed by atoms with Gasteiger partial charge < -0.3 is 15.4 Å². The van der Waals surface area contributed by atoms with Gasteiger partial charge in [-0.25, -0.2) is 9.97 Å². The SMILES string of the molecule is CNc1ncnc(Nc2cccc3ccncc23)c1OC. The summed E-state index contributed by atoms with van der Waals surface area (Å²) in [5, 5.41) is 8.39. The maximum Gasteiger partial charge on any atom is 0.204 e. The summed E-state index contributed by atoms with van der Waals surface area (Å²) in [5.74, 6) is 1.81. The highest BCUT2D eigenvalue weighted by Crippen LogP contribution is 2.33. The molecule has 2 heterocycles. The van der Waals surface area contributed by atoms with Crippen LogP contribution in [0.5, 0.6) is 5.75 Å². The van der Waals surface area contributed by atoms with Crippen LogP contribution in [0.15, 0.2) is 43.0 Å². The van der Waals surface area contributed by atoms with Gasteiger partial charge in [0.2, 0.25) is 5.75 Å². The van der Waals surface area contributed by atoms with E-state index in [1.54, 1.807) is 20.4 Å². The number of rotatable bonds is 4. The maximum atomic E-state index is 5.39. The van der Waals surface area contributed by atoms with E-state index in [0.717, 1.165) is 16.5 Å². The Morgan fingerprint density at radius 1 is 1.10 bits per heavy atom. The van der Waals surface area contributed by atoms with Crippen LogP contribution in [0.2, 0.25) is 0 Å². The van der Waals surface area contributed by atoms with E-state index in [4.69, 9.17) is 4.74 Å². The number of hydrogen-bond acceptors (Lipinski definition) is 6. The van der Waals surface area contributed by atoms with Crippen LogP contribution in [-0.4, -0.2) is 29.1 Å². The maximum absolute atomic E-state index is 5.39. The molecule has 0 amide bonds. The van der Waals surface area contributed by atoms with Crippen LogP contribution in [0.1, 0.15) is 0 Å². The molecule has 3 aromatic rings. The minimum Gasteiger partial charge on any atom is -0.490 e. The van der Waals surface area contributed by atoms with Crippen molar-refractivity contribution >= 4 is 28.1 Å². The fourth-order valence-electron chi connectivity index (χ4n) is 2.18. The molecular weight excluding hydrogens is 266 g/mol. The largest absolute Gasteiger partial charge is 0.490 e. The minimum atomic E-state index is 0.570. The van der Waals surface area contributed by atoms with Gasteiger partial charge in [0.05, 0.1) is 7.11 Å². The molecule has 6 nitrogen and oxygen atoms in total. The predicted molar refractivity (Wildman–Crippen MR) is 83.2 cm³/mol. The molecule has 6 heteroatoms. The topological polar surface area (TPSA) is 72.0 Å². The molecule has 2 N–H and O–H groups in total. The molecule has 0 aliphatic carbocycles. The Bertz CT molecular complexity index is 770. The average molecular weight is 281 g/mol. The Kier molecular flexibility index (Phi) is 3.51. The van der Waals surface area contributed by atoms with Crippen LogP contribution in [0.3, 0.4) is 0 Å². The molecule has 1 aromatic carbocycles. The zero-order valence-electron chi connectivity index (χ0n) is 11.8. The first kappa shape index (κ1) is 13.1. The van der Waals surface area contributed by atoms with Crippen molar-refractivity contribution in [3.8, 4) is 5.75 Å². The number of methoxy groups -OCH3 is 1. The summed E-state index contributed by atoms with van der Waals surface area (Å²) >= 11 is 0. The number of nitrogens with one attached hydrogen (secondary N) is 2. The van der Waals surface area contributed by atoms with Crippen molar-refractivity contribution in [2.75, 3.05) is 24.8 Å². The third-order valence-electron chi connectivity index (χ3n) is 3.18. The van der Waals surface area contributed by atoms with Crippen molar-refractivity contribution in [2.45, 2.75) is 0 Å². The Labute approximate surface area is 122 Å². The Balaban J connectivity index is 2.07. The van der Waals surface area contributed by atoms with Gasteiger partial charge in [-0.15, -0.1) is 0 Å². The molecule has 0 fully saturated rings. The lowest BCUT2D eigenvalue weighted by molar-refractivity contribution is 0.415. The number of aromatic nitrogens is 3. The minimum absolute atomic E-state index is 0.570. The second-order valence-electron chi connectivity index (χ2n) is 4.38. The second-order valence-corrected chi connectivity index (χ2v) is 4.38. The van der Waals surface area contributed by atoms with Gasteiger partial charge in [-0.1, -0.05) is 12.1 Å². The van der Waals surface area contributed by atoms with Gasteiger partial charge in [-0.2, -0.15) is 0 Å². The molecule has 0 radical (unpaired) electrons. The second kappa shape index (κ2) is 5.62. The number of fused-ring (bicyclic) bond motifs is 1. The molecule has 0 spiro atoms. The molecule has 0 atom stereocenters. The van der Waals surface area contributed by atoms with Gasteiger partial charge in [0.15, 0.2) is 11.6 Å². The first-order valence-electron chi connectivity index (χ1n) is 6.50. The van der Waals surface area contributed by atoms with Gasteiger partial charge in [0.1, 0.15) is 6.33 Å². The monoisotopic (exact) mass is 281 g/mol. The molecule has 2 aromatic heterocycles. The molecule has 0 unspecified atom stereocenters. The summed E-state index contributed by atoms with van der Waals surface area (Å²) in [7, 11) is 3.38. The van der Waals surface area contributed by atoms with E-state index in [0.29, 0.717) is 17.4 Å². The normalized spacial score (nSPS) is 10.4. The van der Waals surface area contributed by atoms with E-state index in [2.05, 4.69) is 25.6 Å². The summed E-state index contributed by atoms with van der Waals surface area (Å²) in [6.07, 6.45) is 5.08. The van der Waals surface area contributed by atoms with E-state index in [-0.39, 0.29) is 0 Å². The highest BCUT2D eigenvalue weighted by atomic mass is 16.5. The smallest absolute Gasteiger partial charge is 0.204 e. The molecule has 0 bridgehead atoms. The van der Waals surface area contributed by atoms with Crippen LogP contribution in [0.4, 0.5) is 17.3 Å². The van der Waals surface area contributed by atoms with E-state index >= 15 is 0 Å². The van der Waals surface area contributed by atoms with Gasteiger partial charge >= 0.3 is 0 Å². The van der Waals surface area contributed by atoms with Gasteiger partial charge in [0, 0.05) is 30.5 Å². The van der Waals surface area contributed by atoms with Crippen molar-refractivity contribution in [1.29, 1.82) is 0 Å². The molecule has 0 aliphatic heterocycles. The van der Waals surface area contributed by atoms with E-state index < -0.39 is 0 Å². The Hall–Kier alpha value is -2.89. The van der Waals surface area contributed by atoms with Crippen molar-refractivity contribution < 1.29 is 4.74 Å². The summed E-state index contributed by atoms with van der Waals surface area (Å²) in [4.78, 5) is 12.6. The fourth-order valence-corrected chi connectivity index (χ4v) is 2.18. The number of pyridine rings is 1. The van der Waals surface area contributed by atoms with Crippen LogP contribution < -0.4 is 15.4 Å². The lowest BCUT2D eigenvalue weighted by Crippen LogP contribution is -2.03. The zero-order chi connectivity index (χ0) is 14.7. The zero-order valence-corrected chi connectivity index (χ0v) is 11.8. The van der Waals surface area contributed by atoms with Crippen LogP contribution >= 0.6 is 0 Å². The van der Waals surface area contributed by atoms with Crippen LogP contribution in [0, 0.1) is 0 Å². The van der Waals surface area contributed by atoms with Crippen LogP contribution in [0.25, 0.3) is 10.8 Å². The lowest BCUT2D eigenvalue weighted by atomic mass is 10.1. The molecule has 106 valence electrons. The molecule has 0 saturated heterocycles. The molecule has 0 aliphatic rings. The van der Waals surface area contributed by atoms with Gasteiger partial charge in [-0.05, 0) is 17.5 Å². The van der Waals surface area contributed by atoms with Crippen molar-refractivity contribution in [2.24, 2.45) is 0 Å². The molecule has 3 rings (SSSR count). The summed E-state index contributed by atoms with van der Waals surface area (Å²) in [6.45, 7) is 0. The fraction of sp³-hybridized carbons (Fsp3) is 0.133. The standard InChI is InChI=1S/C15H15N5O/c1-16-14-13(21-2)15(19-9-18-14)20-12-5-3-4-10-6-7-17-8-11(10)12/h3-9H,1-2H3,(H2,16,18,19,20). The van der Waals surface area contributed by atoms with E-state index in [9.17, 15) is 0 Å². The summed E-state index contributed by atoms with van der Waals surface area (Å²) in [5.41, 5.74) is 0.916.